The Kier molecular flexibility index (Phi) is 9.04. The molecule has 0 spiro atoms. The van der Waals surface area contributed by atoms with Crippen molar-refractivity contribution in [1.29, 1.82) is 0 Å². The first kappa shape index (κ1) is 40.8. The lowest BCUT2D eigenvalue weighted by Gasteiger charge is -2.35. The van der Waals surface area contributed by atoms with E-state index >= 15 is 0 Å². The summed E-state index contributed by atoms with van der Waals surface area (Å²) < 4.78 is 19.1. The molecule has 0 radical (unpaired) electrons. The van der Waals surface area contributed by atoms with Gasteiger partial charge in [0.05, 0.1) is 22.1 Å². The molecule has 11 aromatic carbocycles. The maximum absolute atomic E-state index is 7.46. The number of hydrogen-bond acceptors (Lipinski definition) is 2. The molecule has 0 amide bonds. The molecular weight excluding hydrogens is 892 g/mol. The molecule has 0 fully saturated rings. The van der Waals surface area contributed by atoms with Crippen LogP contribution in [0, 0.1) is 0 Å². The van der Waals surface area contributed by atoms with E-state index in [4.69, 9.17) is 9.47 Å². The van der Waals surface area contributed by atoms with Crippen LogP contribution in [0.2, 0.25) is 0 Å². The van der Waals surface area contributed by atoms with E-state index in [1.54, 1.807) is 0 Å². The molecule has 0 saturated heterocycles. The van der Waals surface area contributed by atoms with Crippen molar-refractivity contribution in [2.45, 2.75) is 0 Å². The molecule has 0 saturated carbocycles. The summed E-state index contributed by atoms with van der Waals surface area (Å²) >= 11 is 0. The van der Waals surface area contributed by atoms with Gasteiger partial charge in [-0.25, -0.2) is 0 Å². The van der Waals surface area contributed by atoms with Crippen LogP contribution in [-0.4, -0.2) is 23.9 Å². The van der Waals surface area contributed by atoms with Gasteiger partial charge in [-0.2, -0.15) is 0 Å². The Morgan fingerprint density at radius 2 is 0.847 bits per heavy atom. The molecule has 4 heterocycles. The fourth-order valence-electron chi connectivity index (χ4n) is 12.3. The molecule has 4 nitrogen and oxygen atoms in total. The molecule has 336 valence electrons. The van der Waals surface area contributed by atoms with Crippen molar-refractivity contribution in [1.82, 2.24) is 9.13 Å². The van der Waals surface area contributed by atoms with Gasteiger partial charge in [0.2, 0.25) is 0 Å². The second kappa shape index (κ2) is 16.0. The molecule has 13 aromatic rings. The second-order valence-corrected chi connectivity index (χ2v) is 22.9. The highest BCUT2D eigenvalue weighted by Gasteiger charge is 2.43. The zero-order chi connectivity index (χ0) is 47.3. The number of benzene rings is 11. The number of aromatic nitrogens is 2. The molecule has 0 unspecified atom stereocenters. The quantitative estimate of drug-likeness (QED) is 0.118. The molecule has 0 aliphatic carbocycles. The summed E-state index contributed by atoms with van der Waals surface area (Å²) in [6.07, 6.45) is 0. The number of hydrogen-bond donors (Lipinski definition) is 0. The summed E-state index contributed by atoms with van der Waals surface area (Å²) in [6, 6.07) is 95.4. The molecular formula is C66H43BN2O2Si. The SMILES string of the molecule is c1ccc(-n2c3ccccc3c3cc4c(cc32)c2ccccc2n4-c2ccc3c(c2)Oc2c(-c4cccc([Si](c5ccccc5)(c5ccccc5)c5ccccc5)c4)ccc4c2B3c2ccccc2O4)cc1. The van der Waals surface area contributed by atoms with Crippen LogP contribution >= 0.6 is 0 Å². The van der Waals surface area contributed by atoms with Crippen LogP contribution in [0.5, 0.6) is 23.0 Å². The van der Waals surface area contributed by atoms with Gasteiger partial charge in [0, 0.05) is 50.0 Å². The number of nitrogens with zero attached hydrogens (tertiary/aromatic N) is 2. The first-order chi connectivity index (χ1) is 35.7. The summed E-state index contributed by atoms with van der Waals surface area (Å²) in [5, 5.41) is 10.2. The molecule has 2 aliphatic rings. The minimum Gasteiger partial charge on any atom is -0.458 e. The number of para-hydroxylation sites is 4. The van der Waals surface area contributed by atoms with Crippen LogP contribution < -0.4 is 46.6 Å². The lowest BCUT2D eigenvalue weighted by atomic mass is 9.34. The first-order valence-corrected chi connectivity index (χ1v) is 26.8. The van der Waals surface area contributed by atoms with E-state index < -0.39 is 8.07 Å². The minimum atomic E-state index is -2.83. The zero-order valence-electron chi connectivity index (χ0n) is 39.1. The summed E-state index contributed by atoms with van der Waals surface area (Å²) in [5.74, 6) is 3.37. The first-order valence-electron chi connectivity index (χ1n) is 24.8. The smallest absolute Gasteiger partial charge is 0.260 e. The maximum atomic E-state index is 7.46. The Morgan fingerprint density at radius 1 is 0.319 bits per heavy atom. The number of rotatable bonds is 7. The largest absolute Gasteiger partial charge is 0.458 e. The average Bonchev–Trinajstić information content (AvgIpc) is 3.95. The van der Waals surface area contributed by atoms with Crippen LogP contribution in [0.15, 0.2) is 261 Å². The van der Waals surface area contributed by atoms with E-state index in [1.807, 2.05) is 0 Å². The van der Waals surface area contributed by atoms with Gasteiger partial charge in [-0.3, -0.25) is 0 Å². The Labute approximate surface area is 418 Å². The molecule has 0 bridgehead atoms. The van der Waals surface area contributed by atoms with E-state index in [1.165, 1.54) is 53.3 Å². The molecule has 2 aliphatic heterocycles. The highest BCUT2D eigenvalue weighted by molar-refractivity contribution is 7.20. The summed E-state index contributed by atoms with van der Waals surface area (Å²) in [5.41, 5.74) is 12.3. The van der Waals surface area contributed by atoms with Gasteiger partial charge in [-0.1, -0.05) is 194 Å². The van der Waals surface area contributed by atoms with E-state index in [0.717, 1.165) is 72.9 Å². The minimum absolute atomic E-state index is 0.103. The van der Waals surface area contributed by atoms with E-state index in [2.05, 4.69) is 270 Å². The predicted octanol–water partition coefficient (Wildman–Crippen LogP) is 11.7. The van der Waals surface area contributed by atoms with Gasteiger partial charge >= 0.3 is 0 Å². The van der Waals surface area contributed by atoms with Crippen molar-refractivity contribution < 1.29 is 9.47 Å². The monoisotopic (exact) mass is 934 g/mol. The third kappa shape index (κ3) is 5.93. The van der Waals surface area contributed by atoms with E-state index in [0.29, 0.717) is 0 Å². The number of fused-ring (bicyclic) bond motifs is 10. The zero-order valence-corrected chi connectivity index (χ0v) is 40.1. The van der Waals surface area contributed by atoms with Crippen molar-refractivity contribution in [3.05, 3.63) is 261 Å². The topological polar surface area (TPSA) is 28.3 Å². The van der Waals surface area contributed by atoms with Crippen LogP contribution in [0.25, 0.3) is 66.1 Å². The predicted molar refractivity (Wildman–Crippen MR) is 302 cm³/mol. The van der Waals surface area contributed by atoms with Gasteiger partial charge in [-0.15, -0.1) is 0 Å². The highest BCUT2D eigenvalue weighted by atomic mass is 28.3. The van der Waals surface area contributed by atoms with Crippen molar-refractivity contribution in [3.8, 4) is 45.5 Å². The van der Waals surface area contributed by atoms with Crippen LogP contribution in [0.1, 0.15) is 0 Å². The van der Waals surface area contributed by atoms with Crippen LogP contribution in [0.3, 0.4) is 0 Å². The standard InChI is InChI=1S/C66H43BN2O2Si/c1-5-21-45(22-6-1)68-58-33-16-13-30-52(58)54-43-61-55(42-60(54)68)53-31-14-17-34-59(53)69(61)46-36-38-57-64(41-46)71-66-51(37-39-63-65(66)67(57)56-32-15-18-35-62(56)70-63)44-20-19-29-50(40-44)72(47-23-7-2-8-24-47,48-25-9-3-10-26-48)49-27-11-4-12-28-49/h1-43H. The average molecular weight is 935 g/mol. The fourth-order valence-corrected chi connectivity index (χ4v) is 17.1. The summed E-state index contributed by atoms with van der Waals surface area (Å²) in [6.45, 7) is -0.103. The van der Waals surface area contributed by atoms with E-state index in [9.17, 15) is 0 Å². The highest BCUT2D eigenvalue weighted by Crippen LogP contribution is 2.43. The molecule has 72 heavy (non-hydrogen) atoms. The molecule has 0 atom stereocenters. The molecule has 2 aromatic heterocycles. The number of ether oxygens (including phenoxy) is 2. The third-order valence-electron chi connectivity index (χ3n) is 15.4. The van der Waals surface area contributed by atoms with Gasteiger partial charge in [-0.05, 0) is 97.9 Å². The third-order valence-corrected chi connectivity index (χ3v) is 20.2. The van der Waals surface area contributed by atoms with Crippen molar-refractivity contribution in [3.63, 3.8) is 0 Å². The second-order valence-electron chi connectivity index (χ2n) is 19.1. The molecule has 6 heteroatoms. The Hall–Kier alpha value is -9.10. The normalized spacial score (nSPS) is 12.6. The van der Waals surface area contributed by atoms with Gasteiger partial charge < -0.3 is 18.6 Å². The molecule has 15 rings (SSSR count). The Bertz CT molecular complexity index is 4190. The van der Waals surface area contributed by atoms with Crippen molar-refractivity contribution in [2.24, 2.45) is 0 Å². The summed E-state index contributed by atoms with van der Waals surface area (Å²) in [7, 11) is -2.83. The Morgan fingerprint density at radius 3 is 1.49 bits per heavy atom. The summed E-state index contributed by atoms with van der Waals surface area (Å²) in [4.78, 5) is 0. The van der Waals surface area contributed by atoms with Crippen molar-refractivity contribution >= 4 is 95.5 Å². The lowest BCUT2D eigenvalue weighted by Crippen LogP contribution is -2.74. The van der Waals surface area contributed by atoms with Crippen LogP contribution in [-0.2, 0) is 0 Å². The van der Waals surface area contributed by atoms with Gasteiger partial charge in [0.1, 0.15) is 23.0 Å². The Balaban J connectivity index is 0.939. The maximum Gasteiger partial charge on any atom is 0.260 e. The fraction of sp³-hybridized carbons (Fsp3) is 0. The van der Waals surface area contributed by atoms with Gasteiger partial charge in [0.15, 0.2) is 8.07 Å². The lowest BCUT2D eigenvalue weighted by molar-refractivity contribution is 0.465. The van der Waals surface area contributed by atoms with Crippen molar-refractivity contribution in [2.75, 3.05) is 0 Å². The van der Waals surface area contributed by atoms with Crippen LogP contribution in [0.4, 0.5) is 0 Å². The molecule has 0 N–H and O–H groups in total. The van der Waals surface area contributed by atoms with Gasteiger partial charge in [0.25, 0.3) is 6.71 Å². The van der Waals surface area contributed by atoms with E-state index in [-0.39, 0.29) is 6.71 Å².